The van der Waals surface area contributed by atoms with Crippen molar-refractivity contribution in [3.05, 3.63) is 30.2 Å². The van der Waals surface area contributed by atoms with Crippen LogP contribution in [0.3, 0.4) is 0 Å². The fourth-order valence-electron chi connectivity index (χ4n) is 3.29. The summed E-state index contributed by atoms with van der Waals surface area (Å²) in [5.74, 6) is 2.68. The highest BCUT2D eigenvalue weighted by molar-refractivity contribution is 5.75. The molecule has 1 aliphatic heterocycles. The van der Waals surface area contributed by atoms with Crippen LogP contribution in [0.4, 0.5) is 0 Å². The third-order valence-electron chi connectivity index (χ3n) is 4.88. The van der Waals surface area contributed by atoms with Crippen molar-refractivity contribution in [1.82, 2.24) is 20.8 Å². The Morgan fingerprint density at radius 3 is 2.96 bits per heavy atom. The SMILES string of the molecule is COc1ccc(-c2noc(CCCC(=O)NCCC3CCCNC3)n2)cc1. The predicted octanol–water partition coefficient (Wildman–Crippen LogP) is 2.57. The molecular weight excluding hydrogens is 344 g/mol. The molecule has 7 nitrogen and oxygen atoms in total. The van der Waals surface area contributed by atoms with Gasteiger partial charge in [-0.25, -0.2) is 0 Å². The van der Waals surface area contributed by atoms with Crippen LogP contribution < -0.4 is 15.4 Å². The lowest BCUT2D eigenvalue weighted by Gasteiger charge is -2.22. The molecular formula is C20H28N4O3. The average molecular weight is 372 g/mol. The van der Waals surface area contributed by atoms with Gasteiger partial charge in [-0.2, -0.15) is 4.98 Å². The number of aryl methyl sites for hydroxylation is 1. The molecule has 1 aliphatic rings. The summed E-state index contributed by atoms with van der Waals surface area (Å²) in [6.07, 6.45) is 5.32. The summed E-state index contributed by atoms with van der Waals surface area (Å²) in [6.45, 7) is 2.95. The van der Waals surface area contributed by atoms with E-state index >= 15 is 0 Å². The van der Waals surface area contributed by atoms with Crippen molar-refractivity contribution >= 4 is 5.91 Å². The Bertz CT molecular complexity index is 708. The number of carbonyl (C=O) groups excluding carboxylic acids is 1. The zero-order chi connectivity index (χ0) is 18.9. The number of amides is 1. The van der Waals surface area contributed by atoms with Gasteiger partial charge in [0.05, 0.1) is 7.11 Å². The van der Waals surface area contributed by atoms with Crippen LogP contribution in [0.2, 0.25) is 0 Å². The van der Waals surface area contributed by atoms with Crippen LogP contribution in [0.5, 0.6) is 5.75 Å². The van der Waals surface area contributed by atoms with E-state index in [9.17, 15) is 4.79 Å². The molecule has 1 fully saturated rings. The summed E-state index contributed by atoms with van der Waals surface area (Å²) in [7, 11) is 1.63. The number of nitrogens with zero attached hydrogens (tertiary/aromatic N) is 2. The number of ether oxygens (including phenoxy) is 1. The highest BCUT2D eigenvalue weighted by Gasteiger charge is 2.13. The van der Waals surface area contributed by atoms with Crippen LogP contribution in [-0.2, 0) is 11.2 Å². The average Bonchev–Trinajstić information content (AvgIpc) is 3.18. The normalized spacial score (nSPS) is 16.9. The zero-order valence-electron chi connectivity index (χ0n) is 15.9. The maximum atomic E-state index is 12.0. The maximum Gasteiger partial charge on any atom is 0.226 e. The standard InChI is InChI=1S/C20H28N4O3/c1-26-17-9-7-16(8-10-17)20-23-19(27-24-20)6-2-5-18(25)22-13-11-15-4-3-12-21-14-15/h7-10,15,21H,2-6,11-14H2,1H3,(H,22,25). The van der Waals surface area contributed by atoms with E-state index in [2.05, 4.69) is 20.8 Å². The van der Waals surface area contributed by atoms with Crippen LogP contribution >= 0.6 is 0 Å². The van der Waals surface area contributed by atoms with E-state index in [1.165, 1.54) is 12.8 Å². The first-order chi connectivity index (χ1) is 13.2. The molecule has 2 N–H and O–H groups in total. The van der Waals surface area contributed by atoms with Crippen LogP contribution in [-0.4, -0.2) is 42.8 Å². The van der Waals surface area contributed by atoms with Crippen LogP contribution in [0, 0.1) is 5.92 Å². The second kappa shape index (κ2) is 10.1. The van der Waals surface area contributed by atoms with Crippen molar-refractivity contribution in [3.63, 3.8) is 0 Å². The molecule has 1 amide bonds. The van der Waals surface area contributed by atoms with Gasteiger partial charge in [0.1, 0.15) is 5.75 Å². The molecule has 0 bridgehead atoms. The fourth-order valence-corrected chi connectivity index (χ4v) is 3.29. The Kier molecular flexibility index (Phi) is 7.21. The second-order valence-electron chi connectivity index (χ2n) is 6.94. The van der Waals surface area contributed by atoms with E-state index in [0.29, 0.717) is 36.9 Å². The van der Waals surface area contributed by atoms with Crippen molar-refractivity contribution in [2.45, 2.75) is 38.5 Å². The molecule has 1 saturated heterocycles. The van der Waals surface area contributed by atoms with Crippen molar-refractivity contribution in [1.29, 1.82) is 0 Å². The first-order valence-corrected chi connectivity index (χ1v) is 9.69. The first-order valence-electron chi connectivity index (χ1n) is 9.69. The van der Waals surface area contributed by atoms with Gasteiger partial charge < -0.3 is 19.9 Å². The zero-order valence-corrected chi connectivity index (χ0v) is 15.9. The monoisotopic (exact) mass is 372 g/mol. The number of aromatic nitrogens is 2. The summed E-state index contributed by atoms with van der Waals surface area (Å²) in [5.41, 5.74) is 0.876. The number of carbonyl (C=O) groups is 1. The van der Waals surface area contributed by atoms with E-state index < -0.39 is 0 Å². The van der Waals surface area contributed by atoms with Crippen molar-refractivity contribution < 1.29 is 14.1 Å². The minimum Gasteiger partial charge on any atom is -0.497 e. The molecule has 1 unspecified atom stereocenters. The molecule has 0 aliphatic carbocycles. The van der Waals surface area contributed by atoms with Crippen LogP contribution in [0.15, 0.2) is 28.8 Å². The number of methoxy groups -OCH3 is 1. The highest BCUT2D eigenvalue weighted by Crippen LogP contribution is 2.20. The number of nitrogens with one attached hydrogen (secondary N) is 2. The first kappa shape index (κ1) is 19.4. The summed E-state index contributed by atoms with van der Waals surface area (Å²) in [4.78, 5) is 16.4. The van der Waals surface area contributed by atoms with E-state index in [1.807, 2.05) is 24.3 Å². The third-order valence-corrected chi connectivity index (χ3v) is 4.88. The van der Waals surface area contributed by atoms with E-state index in [4.69, 9.17) is 9.26 Å². The Hall–Kier alpha value is -2.41. The fraction of sp³-hybridized carbons (Fsp3) is 0.550. The minimum absolute atomic E-state index is 0.0914. The predicted molar refractivity (Wildman–Crippen MR) is 102 cm³/mol. The minimum atomic E-state index is 0.0914. The Morgan fingerprint density at radius 1 is 1.37 bits per heavy atom. The lowest BCUT2D eigenvalue weighted by Crippen LogP contribution is -2.33. The van der Waals surface area contributed by atoms with Gasteiger partial charge in [-0.15, -0.1) is 0 Å². The number of hydrogen-bond donors (Lipinski definition) is 2. The molecule has 2 aromatic rings. The van der Waals surface area contributed by atoms with Gasteiger partial charge in [-0.05, 0) is 69.0 Å². The second-order valence-corrected chi connectivity index (χ2v) is 6.94. The molecule has 1 aromatic carbocycles. The van der Waals surface area contributed by atoms with Gasteiger partial charge in [0.2, 0.25) is 17.6 Å². The Morgan fingerprint density at radius 2 is 2.22 bits per heavy atom. The summed E-state index contributed by atoms with van der Waals surface area (Å²) in [5, 5.41) is 10.4. The van der Waals surface area contributed by atoms with Gasteiger partial charge in [-0.3, -0.25) is 4.79 Å². The lowest BCUT2D eigenvalue weighted by atomic mass is 9.96. The number of rotatable bonds is 9. The van der Waals surface area contributed by atoms with Crippen LogP contribution in [0.1, 0.15) is 38.0 Å². The van der Waals surface area contributed by atoms with Crippen molar-refractivity contribution in [3.8, 4) is 17.1 Å². The molecule has 3 rings (SSSR count). The van der Waals surface area contributed by atoms with Crippen molar-refractivity contribution in [2.75, 3.05) is 26.7 Å². The topological polar surface area (TPSA) is 89.3 Å². The molecule has 0 radical (unpaired) electrons. The van der Waals surface area contributed by atoms with Gasteiger partial charge in [0.15, 0.2) is 0 Å². The van der Waals surface area contributed by atoms with E-state index in [1.54, 1.807) is 7.11 Å². The van der Waals surface area contributed by atoms with Crippen LogP contribution in [0.25, 0.3) is 11.4 Å². The smallest absolute Gasteiger partial charge is 0.226 e. The summed E-state index contributed by atoms with van der Waals surface area (Å²) >= 11 is 0. The summed E-state index contributed by atoms with van der Waals surface area (Å²) in [6, 6.07) is 7.50. The third kappa shape index (κ3) is 6.06. The molecule has 0 saturated carbocycles. The summed E-state index contributed by atoms with van der Waals surface area (Å²) < 4.78 is 10.4. The van der Waals surface area contributed by atoms with Gasteiger partial charge in [0.25, 0.3) is 0 Å². The number of hydrogen-bond acceptors (Lipinski definition) is 6. The molecule has 1 atom stereocenters. The van der Waals surface area contributed by atoms with E-state index in [-0.39, 0.29) is 5.91 Å². The molecule has 0 spiro atoms. The largest absolute Gasteiger partial charge is 0.497 e. The van der Waals surface area contributed by atoms with E-state index in [0.717, 1.165) is 37.4 Å². The quantitative estimate of drug-likeness (QED) is 0.703. The molecule has 1 aromatic heterocycles. The number of piperidine rings is 1. The number of benzene rings is 1. The maximum absolute atomic E-state index is 12.0. The molecule has 27 heavy (non-hydrogen) atoms. The van der Waals surface area contributed by atoms with Gasteiger partial charge in [0, 0.05) is 24.9 Å². The molecule has 2 heterocycles. The lowest BCUT2D eigenvalue weighted by molar-refractivity contribution is -0.121. The van der Waals surface area contributed by atoms with Crippen molar-refractivity contribution in [2.24, 2.45) is 5.92 Å². The van der Waals surface area contributed by atoms with Gasteiger partial charge >= 0.3 is 0 Å². The highest BCUT2D eigenvalue weighted by atomic mass is 16.5. The molecule has 7 heteroatoms. The van der Waals surface area contributed by atoms with Gasteiger partial charge in [-0.1, -0.05) is 5.16 Å². The molecule has 146 valence electrons. The Labute approximate surface area is 159 Å². The Balaban J connectivity index is 1.35.